The molecule has 0 spiro atoms. The molecule has 1 aromatic carbocycles. The summed E-state index contributed by atoms with van der Waals surface area (Å²) in [6, 6.07) is 3.62. The molecule has 0 saturated heterocycles. The summed E-state index contributed by atoms with van der Waals surface area (Å²) in [7, 11) is 0. The van der Waals surface area contributed by atoms with Crippen LogP contribution in [0.1, 0.15) is 25.8 Å². The zero-order chi connectivity index (χ0) is 16.4. The van der Waals surface area contributed by atoms with Crippen molar-refractivity contribution in [2.75, 3.05) is 26.3 Å². The van der Waals surface area contributed by atoms with Crippen LogP contribution in [-0.2, 0) is 6.54 Å². The fourth-order valence-electron chi connectivity index (χ4n) is 2.75. The van der Waals surface area contributed by atoms with Gasteiger partial charge in [-0.25, -0.2) is 4.79 Å². The molecule has 0 atom stereocenters. The molecule has 0 aromatic heterocycles. The number of ether oxygens (including phenoxy) is 2. The van der Waals surface area contributed by atoms with E-state index >= 15 is 0 Å². The van der Waals surface area contributed by atoms with E-state index in [1.807, 2.05) is 11.0 Å². The number of carbonyl (C=O) groups excluding carboxylic acids is 1. The van der Waals surface area contributed by atoms with E-state index in [2.05, 4.69) is 19.2 Å². The number of nitrogens with zero attached hydrogens (tertiary/aromatic N) is 1. The zero-order valence-corrected chi connectivity index (χ0v) is 14.2. The van der Waals surface area contributed by atoms with E-state index in [-0.39, 0.29) is 6.03 Å². The molecule has 5 nitrogen and oxygen atoms in total. The lowest BCUT2D eigenvalue weighted by atomic mass is 10.0. The van der Waals surface area contributed by atoms with Crippen LogP contribution in [-0.4, -0.2) is 37.2 Å². The summed E-state index contributed by atoms with van der Waals surface area (Å²) >= 11 is 6.21. The predicted octanol–water partition coefficient (Wildman–Crippen LogP) is 3.36. The molecule has 2 aliphatic rings. The molecule has 0 saturated carbocycles. The number of urea groups is 1. The van der Waals surface area contributed by atoms with Crippen molar-refractivity contribution < 1.29 is 14.3 Å². The van der Waals surface area contributed by atoms with Crippen LogP contribution in [0.4, 0.5) is 4.79 Å². The van der Waals surface area contributed by atoms with Gasteiger partial charge in [0.1, 0.15) is 13.2 Å². The molecule has 124 valence electrons. The lowest BCUT2D eigenvalue weighted by Gasteiger charge is -2.29. The number of hydrogen-bond acceptors (Lipinski definition) is 3. The number of nitrogens with one attached hydrogen (secondary N) is 1. The van der Waals surface area contributed by atoms with Crippen LogP contribution < -0.4 is 14.8 Å². The number of fused-ring (bicyclic) bond motifs is 1. The molecule has 3 rings (SSSR count). The minimum absolute atomic E-state index is 0.0529. The minimum atomic E-state index is -0.0529. The standard InChI is InChI=1S/C17H21ClN2O3/c1-11-3-4-20(10-12(11)2)17(21)19-9-13-7-14(18)16-15(8-13)22-5-6-23-16/h7-8H,3-6,9-10H2,1-2H3,(H,19,21). The first kappa shape index (κ1) is 16.0. The molecule has 0 radical (unpaired) electrons. The van der Waals surface area contributed by atoms with Gasteiger partial charge in [0.05, 0.1) is 5.02 Å². The highest BCUT2D eigenvalue weighted by Gasteiger charge is 2.20. The van der Waals surface area contributed by atoms with Gasteiger partial charge in [-0.2, -0.15) is 0 Å². The molecule has 23 heavy (non-hydrogen) atoms. The Morgan fingerprint density at radius 2 is 2.04 bits per heavy atom. The average Bonchev–Trinajstić information content (AvgIpc) is 2.55. The second-order valence-electron chi connectivity index (χ2n) is 5.99. The first-order valence-electron chi connectivity index (χ1n) is 7.80. The molecule has 0 unspecified atom stereocenters. The summed E-state index contributed by atoms with van der Waals surface area (Å²) in [5, 5.41) is 3.46. The maximum absolute atomic E-state index is 12.3. The minimum Gasteiger partial charge on any atom is -0.486 e. The number of carbonyl (C=O) groups is 1. The number of amides is 2. The van der Waals surface area contributed by atoms with Crippen molar-refractivity contribution in [3.05, 3.63) is 33.9 Å². The second-order valence-corrected chi connectivity index (χ2v) is 6.40. The molecule has 1 N–H and O–H groups in total. The van der Waals surface area contributed by atoms with E-state index < -0.39 is 0 Å². The van der Waals surface area contributed by atoms with E-state index in [0.717, 1.165) is 18.5 Å². The number of halogens is 1. The molecule has 2 aliphatic heterocycles. The van der Waals surface area contributed by atoms with Gasteiger partial charge in [0.2, 0.25) is 0 Å². The maximum Gasteiger partial charge on any atom is 0.317 e. The first-order valence-corrected chi connectivity index (χ1v) is 8.18. The Morgan fingerprint density at radius 3 is 2.83 bits per heavy atom. The van der Waals surface area contributed by atoms with Crippen molar-refractivity contribution >= 4 is 17.6 Å². The number of benzene rings is 1. The average molecular weight is 337 g/mol. The van der Waals surface area contributed by atoms with Gasteiger partial charge < -0.3 is 19.7 Å². The van der Waals surface area contributed by atoms with E-state index in [4.69, 9.17) is 21.1 Å². The van der Waals surface area contributed by atoms with Gasteiger partial charge in [0.25, 0.3) is 0 Å². The van der Waals surface area contributed by atoms with E-state index in [1.54, 1.807) is 6.07 Å². The Hall–Kier alpha value is -1.88. The van der Waals surface area contributed by atoms with Crippen molar-refractivity contribution in [3.8, 4) is 11.5 Å². The van der Waals surface area contributed by atoms with Crippen molar-refractivity contribution in [1.29, 1.82) is 0 Å². The predicted molar refractivity (Wildman–Crippen MR) is 89.2 cm³/mol. The molecule has 0 fully saturated rings. The van der Waals surface area contributed by atoms with Crippen molar-refractivity contribution in [2.45, 2.75) is 26.8 Å². The highest BCUT2D eigenvalue weighted by atomic mass is 35.5. The highest BCUT2D eigenvalue weighted by molar-refractivity contribution is 6.32. The summed E-state index contributed by atoms with van der Waals surface area (Å²) in [6.07, 6.45) is 0.940. The molecule has 2 heterocycles. The monoisotopic (exact) mass is 336 g/mol. The summed E-state index contributed by atoms with van der Waals surface area (Å²) in [4.78, 5) is 14.1. The van der Waals surface area contributed by atoms with E-state index in [9.17, 15) is 4.79 Å². The van der Waals surface area contributed by atoms with Gasteiger partial charge in [-0.05, 0) is 38.0 Å². The third-order valence-corrected chi connectivity index (χ3v) is 4.58. The van der Waals surface area contributed by atoms with Gasteiger partial charge in [-0.3, -0.25) is 0 Å². The first-order chi connectivity index (χ1) is 11.0. The fraction of sp³-hybridized carbons (Fsp3) is 0.471. The van der Waals surface area contributed by atoms with Crippen molar-refractivity contribution in [3.63, 3.8) is 0 Å². The lowest BCUT2D eigenvalue weighted by Crippen LogP contribution is -2.42. The van der Waals surface area contributed by atoms with E-state index in [0.29, 0.717) is 42.8 Å². The molecule has 2 amide bonds. The summed E-state index contributed by atoms with van der Waals surface area (Å²) in [5.74, 6) is 1.22. The summed E-state index contributed by atoms with van der Waals surface area (Å²) in [6.45, 7) is 7.09. The van der Waals surface area contributed by atoms with Gasteiger partial charge in [-0.1, -0.05) is 22.7 Å². The largest absolute Gasteiger partial charge is 0.486 e. The molecule has 0 bridgehead atoms. The quantitative estimate of drug-likeness (QED) is 0.842. The van der Waals surface area contributed by atoms with Crippen molar-refractivity contribution in [2.24, 2.45) is 0 Å². The van der Waals surface area contributed by atoms with Crippen LogP contribution >= 0.6 is 11.6 Å². The Kier molecular flexibility index (Phi) is 4.66. The van der Waals surface area contributed by atoms with Crippen LogP contribution in [0, 0.1) is 0 Å². The fourth-order valence-corrected chi connectivity index (χ4v) is 3.03. The van der Waals surface area contributed by atoms with Gasteiger partial charge >= 0.3 is 6.03 Å². The van der Waals surface area contributed by atoms with Crippen molar-refractivity contribution in [1.82, 2.24) is 10.2 Å². The normalized spacial score (nSPS) is 17.3. The van der Waals surface area contributed by atoms with E-state index in [1.165, 1.54) is 11.1 Å². The van der Waals surface area contributed by atoms with Crippen LogP contribution in [0.15, 0.2) is 23.3 Å². The third kappa shape index (κ3) is 3.55. The zero-order valence-electron chi connectivity index (χ0n) is 13.4. The molecule has 6 heteroatoms. The number of rotatable bonds is 2. The van der Waals surface area contributed by atoms with Gasteiger partial charge in [0, 0.05) is 19.6 Å². The maximum atomic E-state index is 12.3. The van der Waals surface area contributed by atoms with Crippen LogP contribution in [0.5, 0.6) is 11.5 Å². The Bertz CT molecular complexity index is 657. The molecule has 0 aliphatic carbocycles. The SMILES string of the molecule is CC1=C(C)CN(C(=O)NCc2cc(Cl)c3c(c2)OCCO3)CC1. The van der Waals surface area contributed by atoms with Crippen LogP contribution in [0.25, 0.3) is 0 Å². The Balaban J connectivity index is 1.62. The Labute approximate surface area is 141 Å². The molecular formula is C17H21ClN2O3. The van der Waals surface area contributed by atoms with Crippen LogP contribution in [0.3, 0.4) is 0 Å². The van der Waals surface area contributed by atoms with Crippen LogP contribution in [0.2, 0.25) is 5.02 Å². The smallest absolute Gasteiger partial charge is 0.317 e. The summed E-state index contributed by atoms with van der Waals surface area (Å²) < 4.78 is 11.0. The Morgan fingerprint density at radius 1 is 1.26 bits per heavy atom. The van der Waals surface area contributed by atoms with Gasteiger partial charge in [-0.15, -0.1) is 0 Å². The lowest BCUT2D eigenvalue weighted by molar-refractivity contribution is 0.171. The highest BCUT2D eigenvalue weighted by Crippen LogP contribution is 2.38. The topological polar surface area (TPSA) is 50.8 Å². The summed E-state index contributed by atoms with van der Waals surface area (Å²) in [5.41, 5.74) is 3.55. The second kappa shape index (κ2) is 6.71. The molecular weight excluding hydrogens is 316 g/mol. The number of hydrogen-bond donors (Lipinski definition) is 1. The third-order valence-electron chi connectivity index (χ3n) is 4.30. The van der Waals surface area contributed by atoms with Gasteiger partial charge in [0.15, 0.2) is 11.5 Å². The molecule has 1 aromatic rings.